The van der Waals surface area contributed by atoms with Crippen molar-refractivity contribution in [2.45, 2.75) is 18.9 Å². The SMILES string of the molecule is NC1=NCC(C2CC2)N1c1cccc(Br)c1. The summed E-state index contributed by atoms with van der Waals surface area (Å²) in [7, 11) is 0. The number of hydrogen-bond acceptors (Lipinski definition) is 3. The van der Waals surface area contributed by atoms with Crippen LogP contribution in [0.2, 0.25) is 0 Å². The summed E-state index contributed by atoms with van der Waals surface area (Å²) in [5.74, 6) is 1.44. The lowest BCUT2D eigenvalue weighted by Gasteiger charge is -2.26. The molecule has 1 aliphatic heterocycles. The second-order valence-corrected chi connectivity index (χ2v) is 5.37. The molecular weight excluding hydrogens is 266 g/mol. The number of nitrogens with two attached hydrogens (primary N) is 1. The lowest BCUT2D eigenvalue weighted by Crippen LogP contribution is -2.42. The summed E-state index contributed by atoms with van der Waals surface area (Å²) in [6.07, 6.45) is 2.63. The molecule has 0 spiro atoms. The van der Waals surface area contributed by atoms with Crippen LogP contribution in [0.4, 0.5) is 5.69 Å². The maximum absolute atomic E-state index is 5.98. The molecule has 0 amide bonds. The zero-order valence-electron chi connectivity index (χ0n) is 8.94. The predicted octanol–water partition coefficient (Wildman–Crippen LogP) is 2.36. The van der Waals surface area contributed by atoms with Crippen molar-refractivity contribution in [3.05, 3.63) is 28.7 Å². The Bertz CT molecular complexity index is 440. The van der Waals surface area contributed by atoms with Crippen LogP contribution in [0.25, 0.3) is 0 Å². The fourth-order valence-electron chi connectivity index (χ4n) is 2.31. The molecule has 2 N–H and O–H groups in total. The largest absolute Gasteiger partial charge is 0.370 e. The van der Waals surface area contributed by atoms with Gasteiger partial charge in [0.05, 0.1) is 12.6 Å². The minimum Gasteiger partial charge on any atom is -0.370 e. The van der Waals surface area contributed by atoms with E-state index in [9.17, 15) is 0 Å². The topological polar surface area (TPSA) is 41.6 Å². The second-order valence-electron chi connectivity index (χ2n) is 4.45. The third-order valence-electron chi connectivity index (χ3n) is 3.27. The van der Waals surface area contributed by atoms with Crippen LogP contribution in [0.1, 0.15) is 12.8 Å². The Morgan fingerprint density at radius 2 is 2.19 bits per heavy atom. The van der Waals surface area contributed by atoms with Gasteiger partial charge in [0.2, 0.25) is 0 Å². The van der Waals surface area contributed by atoms with Crippen LogP contribution in [0.3, 0.4) is 0 Å². The number of nitrogens with zero attached hydrogens (tertiary/aromatic N) is 2. The van der Waals surface area contributed by atoms with E-state index in [-0.39, 0.29) is 0 Å². The van der Waals surface area contributed by atoms with Crippen LogP contribution in [0.15, 0.2) is 33.7 Å². The summed E-state index contributed by atoms with van der Waals surface area (Å²) >= 11 is 3.49. The molecule has 1 aliphatic carbocycles. The van der Waals surface area contributed by atoms with E-state index in [2.05, 4.69) is 38.0 Å². The molecular formula is C12H14BrN3. The van der Waals surface area contributed by atoms with Gasteiger partial charge < -0.3 is 10.6 Å². The van der Waals surface area contributed by atoms with E-state index in [0.29, 0.717) is 12.0 Å². The first-order valence-electron chi connectivity index (χ1n) is 5.60. The van der Waals surface area contributed by atoms with Gasteiger partial charge in [-0.25, -0.2) is 0 Å². The van der Waals surface area contributed by atoms with Gasteiger partial charge in [0.15, 0.2) is 5.96 Å². The number of guanidine groups is 1. The van der Waals surface area contributed by atoms with Gasteiger partial charge in [-0.15, -0.1) is 0 Å². The van der Waals surface area contributed by atoms with Crippen molar-refractivity contribution in [1.29, 1.82) is 0 Å². The van der Waals surface area contributed by atoms with E-state index < -0.39 is 0 Å². The maximum Gasteiger partial charge on any atom is 0.196 e. The van der Waals surface area contributed by atoms with Crippen LogP contribution in [0.5, 0.6) is 0 Å². The molecule has 1 aromatic carbocycles. The van der Waals surface area contributed by atoms with Crippen molar-refractivity contribution < 1.29 is 0 Å². The molecule has 1 aromatic rings. The van der Waals surface area contributed by atoms with Gasteiger partial charge in [-0.3, -0.25) is 4.99 Å². The Morgan fingerprint density at radius 3 is 2.88 bits per heavy atom. The highest BCUT2D eigenvalue weighted by molar-refractivity contribution is 9.10. The quantitative estimate of drug-likeness (QED) is 0.903. The zero-order chi connectivity index (χ0) is 11.1. The molecule has 1 saturated carbocycles. The smallest absolute Gasteiger partial charge is 0.196 e. The van der Waals surface area contributed by atoms with E-state index in [1.807, 2.05) is 12.1 Å². The maximum atomic E-state index is 5.98. The van der Waals surface area contributed by atoms with Gasteiger partial charge in [0, 0.05) is 10.2 Å². The summed E-state index contributed by atoms with van der Waals surface area (Å²) in [6, 6.07) is 8.74. The molecule has 16 heavy (non-hydrogen) atoms. The van der Waals surface area contributed by atoms with E-state index >= 15 is 0 Å². The summed E-state index contributed by atoms with van der Waals surface area (Å²) in [5.41, 5.74) is 7.12. The molecule has 0 bridgehead atoms. The average Bonchev–Trinajstić information content (AvgIpc) is 3.02. The van der Waals surface area contributed by atoms with Gasteiger partial charge in [0.1, 0.15) is 0 Å². The Kier molecular flexibility index (Phi) is 2.39. The number of halogens is 1. The highest BCUT2D eigenvalue weighted by Gasteiger charge is 2.39. The molecule has 4 heteroatoms. The minimum atomic E-state index is 0.481. The summed E-state index contributed by atoms with van der Waals surface area (Å²) in [6.45, 7) is 0.850. The van der Waals surface area contributed by atoms with Gasteiger partial charge >= 0.3 is 0 Å². The molecule has 3 nitrogen and oxygen atoms in total. The van der Waals surface area contributed by atoms with Gasteiger partial charge in [-0.05, 0) is 37.0 Å². The van der Waals surface area contributed by atoms with Crippen LogP contribution in [-0.2, 0) is 0 Å². The van der Waals surface area contributed by atoms with Gasteiger partial charge in [-0.1, -0.05) is 22.0 Å². The van der Waals surface area contributed by atoms with Crippen LogP contribution >= 0.6 is 15.9 Å². The zero-order valence-corrected chi connectivity index (χ0v) is 10.5. The van der Waals surface area contributed by atoms with Crippen molar-refractivity contribution in [2.75, 3.05) is 11.4 Å². The second kappa shape index (κ2) is 3.77. The third kappa shape index (κ3) is 1.71. The molecule has 1 heterocycles. The number of aliphatic imine (C=N–C) groups is 1. The highest BCUT2D eigenvalue weighted by Crippen LogP contribution is 2.39. The third-order valence-corrected chi connectivity index (χ3v) is 3.76. The van der Waals surface area contributed by atoms with Crippen LogP contribution < -0.4 is 10.6 Å². The molecule has 0 saturated heterocycles. The Balaban J connectivity index is 1.93. The summed E-state index contributed by atoms with van der Waals surface area (Å²) in [4.78, 5) is 6.55. The van der Waals surface area contributed by atoms with Crippen molar-refractivity contribution in [3.63, 3.8) is 0 Å². The fourth-order valence-corrected chi connectivity index (χ4v) is 2.69. The lowest BCUT2D eigenvalue weighted by molar-refractivity contribution is 0.626. The first-order chi connectivity index (χ1) is 7.75. The Hall–Kier alpha value is -1.03. The first-order valence-corrected chi connectivity index (χ1v) is 6.40. The van der Waals surface area contributed by atoms with E-state index in [1.165, 1.54) is 12.8 Å². The molecule has 1 fully saturated rings. The van der Waals surface area contributed by atoms with Crippen molar-refractivity contribution >= 4 is 27.6 Å². The van der Waals surface area contributed by atoms with E-state index in [1.54, 1.807) is 0 Å². The molecule has 1 unspecified atom stereocenters. The highest BCUT2D eigenvalue weighted by atomic mass is 79.9. The molecule has 0 aromatic heterocycles. The number of benzene rings is 1. The number of anilines is 1. The average molecular weight is 280 g/mol. The van der Waals surface area contributed by atoms with Crippen LogP contribution in [0, 0.1) is 5.92 Å². The Morgan fingerprint density at radius 1 is 1.38 bits per heavy atom. The van der Waals surface area contributed by atoms with Crippen molar-refractivity contribution in [1.82, 2.24) is 0 Å². The summed E-state index contributed by atoms with van der Waals surface area (Å²) in [5, 5.41) is 0. The molecule has 2 aliphatic rings. The van der Waals surface area contributed by atoms with E-state index in [0.717, 1.165) is 22.6 Å². The summed E-state index contributed by atoms with van der Waals surface area (Å²) < 4.78 is 1.08. The molecule has 1 atom stereocenters. The molecule has 84 valence electrons. The van der Waals surface area contributed by atoms with Crippen LogP contribution in [-0.4, -0.2) is 18.5 Å². The minimum absolute atomic E-state index is 0.481. The van der Waals surface area contributed by atoms with Gasteiger partial charge in [0.25, 0.3) is 0 Å². The standard InChI is InChI=1S/C12H14BrN3/c13-9-2-1-3-10(6-9)16-11(8-4-5-8)7-15-12(16)14/h1-3,6,8,11H,4-5,7H2,(H2,14,15). The fraction of sp³-hybridized carbons (Fsp3) is 0.417. The van der Waals surface area contributed by atoms with E-state index in [4.69, 9.17) is 5.73 Å². The first kappa shape index (κ1) is 10.1. The van der Waals surface area contributed by atoms with Crippen molar-refractivity contribution in [2.24, 2.45) is 16.6 Å². The Labute approximate surface area is 103 Å². The van der Waals surface area contributed by atoms with Gasteiger partial charge in [-0.2, -0.15) is 0 Å². The molecule has 3 rings (SSSR count). The predicted molar refractivity (Wildman–Crippen MR) is 69.6 cm³/mol. The van der Waals surface area contributed by atoms with Crippen molar-refractivity contribution in [3.8, 4) is 0 Å². The number of rotatable bonds is 2. The molecule has 0 radical (unpaired) electrons. The lowest BCUT2D eigenvalue weighted by atomic mass is 10.1. The normalized spacial score (nSPS) is 24.7. The number of hydrogen-bond donors (Lipinski definition) is 1. The monoisotopic (exact) mass is 279 g/mol.